The average Bonchev–Trinajstić information content (AvgIpc) is 2.59. The van der Waals surface area contributed by atoms with Gasteiger partial charge in [0.2, 0.25) is 0 Å². The number of benzene rings is 1. The molecule has 0 unspecified atom stereocenters. The van der Waals surface area contributed by atoms with E-state index in [0.717, 1.165) is 11.1 Å². The molecule has 0 fully saturated rings. The molecule has 1 rings (SSSR count). The summed E-state index contributed by atoms with van der Waals surface area (Å²) in [5, 5.41) is 12.1. The molecule has 0 heterocycles. The molecule has 1 N–H and O–H groups in total. The number of nitrogens with zero attached hydrogens (tertiary/aromatic N) is 2. The summed E-state index contributed by atoms with van der Waals surface area (Å²) in [5.41, 5.74) is 1.36. The molecule has 0 aliphatic heterocycles. The van der Waals surface area contributed by atoms with Gasteiger partial charge in [-0.3, -0.25) is 4.79 Å². The second-order valence-corrected chi connectivity index (χ2v) is 7.07. The van der Waals surface area contributed by atoms with Gasteiger partial charge in [-0.25, -0.2) is 4.79 Å². The first-order valence-corrected chi connectivity index (χ1v) is 9.17. The zero-order valence-corrected chi connectivity index (χ0v) is 16.8. The highest BCUT2D eigenvalue weighted by Gasteiger charge is 2.16. The largest absolute Gasteiger partial charge is 0.444 e. The van der Waals surface area contributed by atoms with Crippen LogP contribution in [0.3, 0.4) is 0 Å². The molecule has 0 atom stereocenters. The maximum atomic E-state index is 12.4. The zero-order valence-electron chi connectivity index (χ0n) is 16.8. The molecule has 6 nitrogen and oxygen atoms in total. The maximum Gasteiger partial charge on any atom is 0.407 e. The van der Waals surface area contributed by atoms with Gasteiger partial charge in [0, 0.05) is 19.6 Å². The van der Waals surface area contributed by atoms with E-state index in [0.29, 0.717) is 26.1 Å². The third-order valence-corrected chi connectivity index (χ3v) is 3.75. The van der Waals surface area contributed by atoms with Crippen molar-refractivity contribution in [3.63, 3.8) is 0 Å². The number of likely N-dealkylation sites (N-methyl/N-ethyl adjacent to an activating group) is 1. The summed E-state index contributed by atoms with van der Waals surface area (Å²) < 4.78 is 5.20. The lowest BCUT2D eigenvalue weighted by molar-refractivity contribution is -0.126. The Morgan fingerprint density at radius 3 is 2.48 bits per heavy atom. The molecule has 0 spiro atoms. The number of alkyl carbamates (subject to hydrolysis) is 1. The van der Waals surface area contributed by atoms with Crippen molar-refractivity contribution >= 4 is 18.1 Å². The van der Waals surface area contributed by atoms with Crippen LogP contribution in [0.1, 0.15) is 45.7 Å². The van der Waals surface area contributed by atoms with E-state index >= 15 is 0 Å². The van der Waals surface area contributed by atoms with E-state index in [4.69, 9.17) is 4.74 Å². The Morgan fingerprint density at radius 2 is 1.93 bits per heavy atom. The summed E-state index contributed by atoms with van der Waals surface area (Å²) in [6.07, 6.45) is 1.77. The summed E-state index contributed by atoms with van der Waals surface area (Å²) in [7, 11) is 0. The molecule has 0 aromatic heterocycles. The van der Waals surface area contributed by atoms with Gasteiger partial charge in [0.15, 0.2) is 0 Å². The topological polar surface area (TPSA) is 82.4 Å². The van der Waals surface area contributed by atoms with Gasteiger partial charge >= 0.3 is 6.09 Å². The number of hydrogen-bond acceptors (Lipinski definition) is 4. The smallest absolute Gasteiger partial charge is 0.407 e. The molecular formula is C21H29N3O3. The van der Waals surface area contributed by atoms with Crippen molar-refractivity contribution in [2.24, 2.45) is 0 Å². The highest BCUT2D eigenvalue weighted by atomic mass is 16.6. The number of amides is 2. The van der Waals surface area contributed by atoms with Crippen molar-refractivity contribution < 1.29 is 14.3 Å². The Bertz CT molecular complexity index is 723. The SMILES string of the molecule is CCN(CC)C(=O)C(C#N)=Cc1cccc(CCNC(=O)OC(C)(C)C)c1. The van der Waals surface area contributed by atoms with Gasteiger partial charge in [-0.05, 0) is 58.2 Å². The van der Waals surface area contributed by atoms with Crippen molar-refractivity contribution in [2.75, 3.05) is 19.6 Å². The predicted molar refractivity (Wildman–Crippen MR) is 106 cm³/mol. The highest BCUT2D eigenvalue weighted by molar-refractivity contribution is 6.01. The zero-order chi connectivity index (χ0) is 20.4. The van der Waals surface area contributed by atoms with Crippen LogP contribution in [0, 0.1) is 11.3 Å². The molecule has 146 valence electrons. The molecule has 0 bridgehead atoms. The Balaban J connectivity index is 2.76. The van der Waals surface area contributed by atoms with Crippen LogP contribution in [0.25, 0.3) is 6.08 Å². The minimum atomic E-state index is -0.528. The van der Waals surface area contributed by atoms with E-state index in [-0.39, 0.29) is 11.5 Å². The van der Waals surface area contributed by atoms with Crippen molar-refractivity contribution in [1.82, 2.24) is 10.2 Å². The second kappa shape index (κ2) is 10.4. The normalized spacial score (nSPS) is 11.5. The van der Waals surface area contributed by atoms with Crippen LogP contribution in [0.2, 0.25) is 0 Å². The molecule has 2 amide bonds. The van der Waals surface area contributed by atoms with Crippen LogP contribution < -0.4 is 5.32 Å². The minimum Gasteiger partial charge on any atom is -0.444 e. The summed E-state index contributed by atoms with van der Waals surface area (Å²) in [4.78, 5) is 25.7. The minimum absolute atomic E-state index is 0.114. The summed E-state index contributed by atoms with van der Waals surface area (Å²) in [6, 6.07) is 9.55. The number of hydrogen-bond donors (Lipinski definition) is 1. The van der Waals surface area contributed by atoms with E-state index in [1.54, 1.807) is 11.0 Å². The van der Waals surface area contributed by atoms with E-state index in [1.165, 1.54) is 0 Å². The van der Waals surface area contributed by atoms with Crippen molar-refractivity contribution in [3.05, 3.63) is 41.0 Å². The van der Waals surface area contributed by atoms with Crippen LogP contribution in [-0.4, -0.2) is 42.1 Å². The number of nitriles is 1. The fourth-order valence-electron chi connectivity index (χ4n) is 2.45. The molecule has 0 radical (unpaired) electrons. The van der Waals surface area contributed by atoms with Crippen LogP contribution in [-0.2, 0) is 16.0 Å². The molecule has 6 heteroatoms. The Kier molecular flexibility index (Phi) is 8.53. The lowest BCUT2D eigenvalue weighted by Gasteiger charge is -2.19. The fourth-order valence-corrected chi connectivity index (χ4v) is 2.45. The molecule has 0 aliphatic rings. The number of ether oxygens (including phenoxy) is 1. The Hall–Kier alpha value is -2.81. The van der Waals surface area contributed by atoms with Gasteiger partial charge in [-0.1, -0.05) is 24.3 Å². The highest BCUT2D eigenvalue weighted by Crippen LogP contribution is 2.12. The van der Waals surface area contributed by atoms with E-state index in [9.17, 15) is 14.9 Å². The lowest BCUT2D eigenvalue weighted by atomic mass is 10.1. The fraction of sp³-hybridized carbons (Fsp3) is 0.476. The van der Waals surface area contributed by atoms with Crippen molar-refractivity contribution in [3.8, 4) is 6.07 Å². The van der Waals surface area contributed by atoms with Gasteiger partial charge in [0.1, 0.15) is 17.2 Å². The first kappa shape index (κ1) is 22.2. The Morgan fingerprint density at radius 1 is 1.26 bits per heavy atom. The first-order valence-electron chi connectivity index (χ1n) is 9.17. The van der Waals surface area contributed by atoms with Gasteiger partial charge < -0.3 is 15.0 Å². The number of carbonyl (C=O) groups excluding carboxylic acids is 2. The third-order valence-electron chi connectivity index (χ3n) is 3.75. The summed E-state index contributed by atoms with van der Waals surface area (Å²) in [6.45, 7) is 10.8. The maximum absolute atomic E-state index is 12.4. The first-order chi connectivity index (χ1) is 12.7. The van der Waals surface area contributed by atoms with Crippen LogP contribution >= 0.6 is 0 Å². The van der Waals surface area contributed by atoms with Gasteiger partial charge in [0.05, 0.1) is 0 Å². The average molecular weight is 371 g/mol. The number of nitrogens with one attached hydrogen (secondary N) is 1. The molecule has 0 aliphatic carbocycles. The van der Waals surface area contributed by atoms with E-state index < -0.39 is 11.7 Å². The second-order valence-electron chi connectivity index (χ2n) is 7.07. The lowest BCUT2D eigenvalue weighted by Crippen LogP contribution is -2.33. The van der Waals surface area contributed by atoms with Crippen LogP contribution in [0.4, 0.5) is 4.79 Å². The summed E-state index contributed by atoms with van der Waals surface area (Å²) >= 11 is 0. The standard InChI is InChI=1S/C21H29N3O3/c1-6-24(7-2)19(25)18(15-22)14-17-10-8-9-16(13-17)11-12-23-20(26)27-21(3,4)5/h8-10,13-14H,6-7,11-12H2,1-5H3,(H,23,26). The molecule has 1 aromatic rings. The van der Waals surface area contributed by atoms with Gasteiger partial charge in [0.25, 0.3) is 5.91 Å². The molecule has 0 saturated carbocycles. The third kappa shape index (κ3) is 7.95. The molecular weight excluding hydrogens is 342 g/mol. The van der Waals surface area contributed by atoms with E-state index in [1.807, 2.05) is 65.0 Å². The van der Waals surface area contributed by atoms with Crippen LogP contribution in [0.5, 0.6) is 0 Å². The van der Waals surface area contributed by atoms with E-state index in [2.05, 4.69) is 5.32 Å². The predicted octanol–water partition coefficient (Wildman–Crippen LogP) is 3.53. The Labute approximate surface area is 161 Å². The number of carbonyl (C=O) groups is 2. The quantitative estimate of drug-likeness (QED) is 0.587. The molecule has 27 heavy (non-hydrogen) atoms. The monoisotopic (exact) mass is 371 g/mol. The van der Waals surface area contributed by atoms with Crippen LogP contribution in [0.15, 0.2) is 29.8 Å². The molecule has 1 aromatic carbocycles. The molecule has 0 saturated heterocycles. The van der Waals surface area contributed by atoms with Crippen molar-refractivity contribution in [2.45, 2.75) is 46.6 Å². The summed E-state index contributed by atoms with van der Waals surface area (Å²) in [5.74, 6) is -0.264. The van der Waals surface area contributed by atoms with Gasteiger partial charge in [-0.2, -0.15) is 5.26 Å². The van der Waals surface area contributed by atoms with Gasteiger partial charge in [-0.15, -0.1) is 0 Å². The number of rotatable bonds is 7. The van der Waals surface area contributed by atoms with Crippen molar-refractivity contribution in [1.29, 1.82) is 5.26 Å².